The summed E-state index contributed by atoms with van der Waals surface area (Å²) in [6.07, 6.45) is 0.857. The number of benzene rings is 3. The molecule has 7 nitrogen and oxygen atoms in total. The number of ether oxygens (including phenoxy) is 1. The van der Waals surface area contributed by atoms with Gasteiger partial charge in [0.15, 0.2) is 11.5 Å². The van der Waals surface area contributed by atoms with Crippen molar-refractivity contribution in [1.29, 1.82) is 0 Å². The number of rotatable bonds is 10. The predicted molar refractivity (Wildman–Crippen MR) is 125 cm³/mol. The van der Waals surface area contributed by atoms with Gasteiger partial charge in [-0.05, 0) is 63.7 Å². The van der Waals surface area contributed by atoms with Crippen LogP contribution in [-0.2, 0) is 24.2 Å². The van der Waals surface area contributed by atoms with Crippen molar-refractivity contribution in [2.24, 2.45) is 0 Å². The Kier molecular flexibility index (Phi) is 8.37. The van der Waals surface area contributed by atoms with Crippen LogP contribution in [0.2, 0.25) is 0 Å². The Hall–Kier alpha value is -3.46. The molecule has 3 aromatic carbocycles. The highest BCUT2D eigenvalue weighted by molar-refractivity contribution is 9.10. The van der Waals surface area contributed by atoms with Crippen LogP contribution >= 0.6 is 15.9 Å². The van der Waals surface area contributed by atoms with Crippen LogP contribution in [0.3, 0.4) is 0 Å². The number of carbonyl (C=O) groups is 1. The highest BCUT2D eigenvalue weighted by Crippen LogP contribution is 2.36. The number of halogens is 2. The second kappa shape index (κ2) is 11.4. The van der Waals surface area contributed by atoms with Gasteiger partial charge in [0.2, 0.25) is 11.7 Å². The first-order chi connectivity index (χ1) is 15.8. The molecular weight excluding hydrogens is 495 g/mol. The summed E-state index contributed by atoms with van der Waals surface area (Å²) in [6.45, 7) is 0.665. The van der Waals surface area contributed by atoms with Gasteiger partial charge < -0.3 is 15.2 Å². The van der Waals surface area contributed by atoms with E-state index in [9.17, 15) is 24.4 Å². The van der Waals surface area contributed by atoms with Gasteiger partial charge in [0.25, 0.3) is 0 Å². The molecule has 0 aliphatic heterocycles. The zero-order valence-corrected chi connectivity index (χ0v) is 19.2. The Labute approximate surface area is 198 Å². The second-order valence-electron chi connectivity index (χ2n) is 7.34. The minimum absolute atomic E-state index is 0.000429. The van der Waals surface area contributed by atoms with Gasteiger partial charge >= 0.3 is 5.69 Å². The molecule has 0 aromatic heterocycles. The van der Waals surface area contributed by atoms with Gasteiger partial charge in [-0.2, -0.15) is 4.39 Å². The van der Waals surface area contributed by atoms with E-state index < -0.39 is 16.4 Å². The highest BCUT2D eigenvalue weighted by Gasteiger charge is 2.15. The smallest absolute Gasteiger partial charge is 0.305 e. The summed E-state index contributed by atoms with van der Waals surface area (Å²) in [6, 6.07) is 16.6. The SMILES string of the molecule is O=C(CCc1ccc(F)c([N+](=O)[O-])c1)NCCc1cc(O)c(OCc2ccccc2)c(Br)c1. The highest BCUT2D eigenvalue weighted by atomic mass is 79.9. The lowest BCUT2D eigenvalue weighted by Gasteiger charge is -2.12. The number of aromatic hydroxyl groups is 1. The fourth-order valence-electron chi connectivity index (χ4n) is 3.20. The van der Waals surface area contributed by atoms with E-state index in [-0.39, 0.29) is 24.5 Å². The van der Waals surface area contributed by atoms with E-state index in [1.807, 2.05) is 36.4 Å². The number of aryl methyl sites for hydroxylation is 1. The molecule has 0 unspecified atom stereocenters. The number of nitrogens with one attached hydrogen (secondary N) is 1. The number of nitrogens with zero attached hydrogens (tertiary/aromatic N) is 1. The number of nitro groups is 1. The van der Waals surface area contributed by atoms with Gasteiger partial charge in [-0.3, -0.25) is 14.9 Å². The van der Waals surface area contributed by atoms with Crippen molar-refractivity contribution in [3.05, 3.63) is 97.8 Å². The first kappa shape index (κ1) is 24.2. The number of amides is 1. The molecule has 0 atom stereocenters. The third-order valence-corrected chi connectivity index (χ3v) is 5.48. The molecule has 0 fully saturated rings. The number of phenolic OH excluding ortho intramolecular Hbond substituents is 1. The van der Waals surface area contributed by atoms with Crippen LogP contribution in [0.5, 0.6) is 11.5 Å². The lowest BCUT2D eigenvalue weighted by atomic mass is 10.1. The molecule has 0 saturated heterocycles. The molecule has 9 heteroatoms. The van der Waals surface area contributed by atoms with Crippen molar-refractivity contribution >= 4 is 27.5 Å². The molecule has 1 amide bonds. The Morgan fingerprint density at radius 1 is 1.06 bits per heavy atom. The Balaban J connectivity index is 1.47. The average Bonchev–Trinajstić information content (AvgIpc) is 2.78. The molecule has 0 radical (unpaired) electrons. The van der Waals surface area contributed by atoms with E-state index in [2.05, 4.69) is 21.2 Å². The van der Waals surface area contributed by atoms with Crippen LogP contribution in [0.15, 0.2) is 65.1 Å². The molecule has 33 heavy (non-hydrogen) atoms. The van der Waals surface area contributed by atoms with Crippen molar-refractivity contribution in [3.63, 3.8) is 0 Å². The minimum atomic E-state index is -0.904. The number of hydrogen-bond acceptors (Lipinski definition) is 5. The van der Waals surface area contributed by atoms with E-state index in [1.165, 1.54) is 6.07 Å². The summed E-state index contributed by atoms with van der Waals surface area (Å²) < 4.78 is 19.7. The third-order valence-electron chi connectivity index (χ3n) is 4.89. The standard InChI is InChI=1S/C24H22BrFN2O5/c25-19-12-18(14-22(29)24(19)33-15-17-4-2-1-3-5-17)10-11-27-23(30)9-7-16-6-8-20(26)21(13-16)28(31)32/h1-6,8,12-14,29H,7,9-11,15H2,(H,27,30). The molecule has 0 saturated carbocycles. The van der Waals surface area contributed by atoms with E-state index >= 15 is 0 Å². The molecule has 0 heterocycles. The maximum atomic E-state index is 13.4. The lowest BCUT2D eigenvalue weighted by Crippen LogP contribution is -2.25. The summed E-state index contributed by atoms with van der Waals surface area (Å²) in [4.78, 5) is 22.1. The zero-order chi connectivity index (χ0) is 23.8. The molecule has 3 aromatic rings. The van der Waals surface area contributed by atoms with Gasteiger partial charge in [0.1, 0.15) is 6.61 Å². The van der Waals surface area contributed by atoms with Gasteiger partial charge in [-0.25, -0.2) is 0 Å². The van der Waals surface area contributed by atoms with Crippen molar-refractivity contribution in [1.82, 2.24) is 5.32 Å². The third kappa shape index (κ3) is 7.01. The summed E-state index contributed by atoms with van der Waals surface area (Å²) in [5, 5.41) is 23.9. The largest absolute Gasteiger partial charge is 0.504 e. The summed E-state index contributed by atoms with van der Waals surface area (Å²) in [7, 11) is 0. The fourth-order valence-corrected chi connectivity index (χ4v) is 3.81. The van der Waals surface area contributed by atoms with Crippen LogP contribution in [0.4, 0.5) is 10.1 Å². The molecule has 0 aliphatic carbocycles. The average molecular weight is 517 g/mol. The van der Waals surface area contributed by atoms with Crippen LogP contribution < -0.4 is 10.1 Å². The van der Waals surface area contributed by atoms with E-state index in [0.717, 1.165) is 23.3 Å². The molecule has 0 bridgehead atoms. The van der Waals surface area contributed by atoms with Crippen molar-refractivity contribution in [2.75, 3.05) is 6.54 Å². The Bertz CT molecular complexity index is 1120. The summed E-state index contributed by atoms with van der Waals surface area (Å²) in [5.74, 6) is -0.785. The maximum absolute atomic E-state index is 13.4. The Morgan fingerprint density at radius 3 is 2.52 bits per heavy atom. The molecular formula is C24H22BrFN2O5. The number of carbonyl (C=O) groups excluding carboxylic acids is 1. The molecule has 172 valence electrons. The number of hydrogen-bond donors (Lipinski definition) is 2. The fraction of sp³-hybridized carbons (Fsp3) is 0.208. The maximum Gasteiger partial charge on any atom is 0.305 e. The normalized spacial score (nSPS) is 10.6. The van der Waals surface area contributed by atoms with Crippen molar-refractivity contribution in [2.45, 2.75) is 25.9 Å². The molecule has 0 aliphatic rings. The van der Waals surface area contributed by atoms with Crippen LogP contribution in [0, 0.1) is 15.9 Å². The minimum Gasteiger partial charge on any atom is -0.504 e. The molecule has 2 N–H and O–H groups in total. The van der Waals surface area contributed by atoms with Crippen LogP contribution in [-0.4, -0.2) is 22.5 Å². The second-order valence-corrected chi connectivity index (χ2v) is 8.20. The first-order valence-corrected chi connectivity index (χ1v) is 11.0. The van der Waals surface area contributed by atoms with E-state index in [4.69, 9.17) is 4.74 Å². The number of nitro benzene ring substituents is 1. The molecule has 3 rings (SSSR count). The zero-order valence-electron chi connectivity index (χ0n) is 17.6. The predicted octanol–water partition coefficient (Wildman–Crippen LogP) is 5.07. The van der Waals surface area contributed by atoms with Crippen molar-refractivity contribution < 1.29 is 24.0 Å². The first-order valence-electron chi connectivity index (χ1n) is 10.2. The van der Waals surface area contributed by atoms with Crippen LogP contribution in [0.1, 0.15) is 23.1 Å². The van der Waals surface area contributed by atoms with Crippen molar-refractivity contribution in [3.8, 4) is 11.5 Å². The van der Waals surface area contributed by atoms with Gasteiger partial charge in [-0.1, -0.05) is 36.4 Å². The quantitative estimate of drug-likeness (QED) is 0.289. The monoisotopic (exact) mass is 516 g/mol. The molecule has 0 spiro atoms. The Morgan fingerprint density at radius 2 is 1.82 bits per heavy atom. The van der Waals surface area contributed by atoms with E-state index in [0.29, 0.717) is 35.4 Å². The van der Waals surface area contributed by atoms with Crippen LogP contribution in [0.25, 0.3) is 0 Å². The van der Waals surface area contributed by atoms with Gasteiger partial charge in [0, 0.05) is 19.0 Å². The lowest BCUT2D eigenvalue weighted by molar-refractivity contribution is -0.387. The van der Waals surface area contributed by atoms with E-state index in [1.54, 1.807) is 6.07 Å². The van der Waals surface area contributed by atoms with Gasteiger partial charge in [-0.15, -0.1) is 0 Å². The topological polar surface area (TPSA) is 102 Å². The summed E-state index contributed by atoms with van der Waals surface area (Å²) in [5.41, 5.74) is 1.69. The number of phenols is 1. The van der Waals surface area contributed by atoms with Gasteiger partial charge in [0.05, 0.1) is 9.40 Å². The summed E-state index contributed by atoms with van der Waals surface area (Å²) >= 11 is 3.42.